The van der Waals surface area contributed by atoms with Crippen molar-refractivity contribution in [3.63, 3.8) is 0 Å². The van der Waals surface area contributed by atoms with Gasteiger partial charge in [-0.15, -0.1) is 0 Å². The molecule has 0 radical (unpaired) electrons. The lowest BCUT2D eigenvalue weighted by Crippen LogP contribution is -2.47. The third kappa shape index (κ3) is 10.5. The predicted octanol–water partition coefficient (Wildman–Crippen LogP) is 7.00. The molecule has 3 aliphatic rings. The second-order valence-corrected chi connectivity index (χ2v) is 15.3. The summed E-state index contributed by atoms with van der Waals surface area (Å²) in [6, 6.07) is 9.54. The summed E-state index contributed by atoms with van der Waals surface area (Å²) in [5, 5.41) is 14.7. The van der Waals surface area contributed by atoms with Crippen molar-refractivity contribution < 1.29 is 46.6 Å². The standard InChI is InChI=1S/C40H45F4N7O4.CH2O2/c1-23(2)55-33-19-36-46-32(22-51(36)21-29(33)38(53)48-35-5-3-4-34(47-35)40(42,43)44)26-8-6-24(7-9-26)20-50-16-14-25(15-17-50)28-11-10-27(18-30(28)41)45-31-12-13-37(52)49-39(31)54;2-1-3/h3-5,10-11,18-19,21-26,31,45H,6-9,12-17,20H2,1-2H3,(H,47,48,53)(H,49,52,54);1H,(H,2,3). The maximum absolute atomic E-state index is 15.2. The summed E-state index contributed by atoms with van der Waals surface area (Å²) in [6.07, 6.45) is 5.02. The highest BCUT2D eigenvalue weighted by Gasteiger charge is 2.33. The first-order valence-electron chi connectivity index (χ1n) is 19.5. The van der Waals surface area contributed by atoms with Crippen molar-refractivity contribution >= 4 is 41.3 Å². The van der Waals surface area contributed by atoms with Gasteiger partial charge in [-0.05, 0) is 114 Å². The largest absolute Gasteiger partial charge is 0.490 e. The van der Waals surface area contributed by atoms with Gasteiger partial charge < -0.3 is 29.8 Å². The summed E-state index contributed by atoms with van der Waals surface area (Å²) in [5.41, 5.74) is 1.81. The van der Waals surface area contributed by atoms with Crippen LogP contribution in [0.1, 0.15) is 104 Å². The number of aromatic nitrogens is 3. The Labute approximate surface area is 332 Å². The third-order valence-corrected chi connectivity index (χ3v) is 10.9. The zero-order valence-corrected chi connectivity index (χ0v) is 32.2. The maximum Gasteiger partial charge on any atom is 0.433 e. The topological polar surface area (TPSA) is 167 Å². The molecule has 2 aliphatic heterocycles. The van der Waals surface area contributed by atoms with E-state index in [2.05, 4.69) is 25.8 Å². The molecule has 5 heterocycles. The molecule has 1 atom stereocenters. The second kappa shape index (κ2) is 18.3. The molecule has 1 aliphatic carbocycles. The van der Waals surface area contributed by atoms with Crippen LogP contribution in [-0.4, -0.2) is 80.3 Å². The molecule has 7 rings (SSSR count). The predicted molar refractivity (Wildman–Crippen MR) is 206 cm³/mol. The van der Waals surface area contributed by atoms with E-state index in [0.717, 1.165) is 69.9 Å². The minimum atomic E-state index is -4.64. The Morgan fingerprint density at radius 2 is 1.72 bits per heavy atom. The first kappa shape index (κ1) is 42.0. The van der Waals surface area contributed by atoms with Gasteiger partial charge in [0.1, 0.15) is 34.8 Å². The number of pyridine rings is 2. The van der Waals surface area contributed by atoms with Crippen LogP contribution in [0.3, 0.4) is 0 Å². The lowest BCUT2D eigenvalue weighted by molar-refractivity contribution is -0.141. The Morgan fingerprint density at radius 3 is 2.38 bits per heavy atom. The quantitative estimate of drug-likeness (QED) is 0.0745. The number of ether oxygens (including phenoxy) is 1. The number of rotatable bonds is 10. The van der Waals surface area contributed by atoms with E-state index in [0.29, 0.717) is 29.2 Å². The number of imidazole rings is 1. The monoisotopic (exact) mass is 809 g/mol. The molecule has 1 aromatic carbocycles. The molecule has 1 saturated carbocycles. The van der Waals surface area contributed by atoms with E-state index >= 15 is 4.39 Å². The van der Waals surface area contributed by atoms with Crippen LogP contribution in [-0.2, 0) is 20.6 Å². The molecule has 17 heteroatoms. The van der Waals surface area contributed by atoms with Crippen LogP contribution in [0.25, 0.3) is 5.65 Å². The first-order chi connectivity index (χ1) is 27.7. The van der Waals surface area contributed by atoms with Crippen molar-refractivity contribution in [1.82, 2.24) is 24.6 Å². The van der Waals surface area contributed by atoms with Crippen LogP contribution in [0, 0.1) is 11.7 Å². The summed E-state index contributed by atoms with van der Waals surface area (Å²) in [7, 11) is 0. The second-order valence-electron chi connectivity index (χ2n) is 15.3. The number of likely N-dealkylation sites (tertiary alicyclic amines) is 1. The number of nitrogens with zero attached hydrogens (tertiary/aromatic N) is 4. The molecule has 3 aromatic heterocycles. The molecule has 2 saturated heterocycles. The molecular formula is C41H47F4N7O6. The van der Waals surface area contributed by atoms with Gasteiger partial charge in [-0.25, -0.2) is 14.4 Å². The normalized spacial score (nSPS) is 20.6. The molecule has 310 valence electrons. The number of hydrogen-bond acceptors (Lipinski definition) is 9. The van der Waals surface area contributed by atoms with Crippen LogP contribution in [0.4, 0.5) is 29.1 Å². The van der Waals surface area contributed by atoms with Gasteiger partial charge in [-0.2, -0.15) is 13.2 Å². The van der Waals surface area contributed by atoms with Crippen molar-refractivity contribution in [2.24, 2.45) is 5.92 Å². The van der Waals surface area contributed by atoms with E-state index in [1.54, 1.807) is 16.7 Å². The summed E-state index contributed by atoms with van der Waals surface area (Å²) in [4.78, 5) is 56.2. The zero-order chi connectivity index (χ0) is 41.6. The average molecular weight is 810 g/mol. The summed E-state index contributed by atoms with van der Waals surface area (Å²) >= 11 is 0. The fourth-order valence-electron chi connectivity index (χ4n) is 8.01. The lowest BCUT2D eigenvalue weighted by atomic mass is 9.80. The van der Waals surface area contributed by atoms with E-state index in [1.165, 1.54) is 18.2 Å². The smallest absolute Gasteiger partial charge is 0.433 e. The van der Waals surface area contributed by atoms with Gasteiger partial charge in [0.25, 0.3) is 12.4 Å². The first-order valence-corrected chi connectivity index (χ1v) is 19.5. The maximum atomic E-state index is 15.2. The molecule has 13 nitrogen and oxygen atoms in total. The number of fused-ring (bicyclic) bond motifs is 1. The number of hydrogen-bond donors (Lipinski definition) is 4. The van der Waals surface area contributed by atoms with Gasteiger partial charge in [0, 0.05) is 43.0 Å². The van der Waals surface area contributed by atoms with Gasteiger partial charge in [0.05, 0.1) is 17.4 Å². The molecule has 58 heavy (non-hydrogen) atoms. The molecule has 0 bridgehead atoms. The Morgan fingerprint density at radius 1 is 1.00 bits per heavy atom. The molecule has 3 amide bonds. The highest BCUT2D eigenvalue weighted by molar-refractivity contribution is 6.06. The number of benzene rings is 1. The van der Waals surface area contributed by atoms with E-state index in [1.807, 2.05) is 32.2 Å². The van der Waals surface area contributed by atoms with Gasteiger partial charge in [0.15, 0.2) is 0 Å². The Hall–Kier alpha value is -5.58. The zero-order valence-electron chi connectivity index (χ0n) is 32.2. The van der Waals surface area contributed by atoms with Crippen LogP contribution in [0.15, 0.2) is 54.9 Å². The molecule has 1 unspecified atom stereocenters. The minimum absolute atomic E-state index is 0.127. The van der Waals surface area contributed by atoms with Gasteiger partial charge in [-0.1, -0.05) is 12.1 Å². The fourth-order valence-corrected chi connectivity index (χ4v) is 8.01. The molecule has 4 N–H and O–H groups in total. The highest BCUT2D eigenvalue weighted by Crippen LogP contribution is 2.38. The number of halogens is 4. The SMILES string of the molecule is CC(C)Oc1cc2nc(C3CCC(CN4CCC(c5ccc(NC6CCC(=O)NC6=O)cc5F)CC4)CC3)cn2cc1C(=O)Nc1cccc(C(F)(F)F)n1.O=CO. The number of carboxylic acid groups (broad SMARTS) is 1. The number of alkyl halides is 3. The Bertz CT molecular complexity index is 2110. The fraction of sp³-hybridized carbons (Fsp3) is 0.463. The number of imide groups is 1. The number of nitrogens with one attached hydrogen (secondary N) is 3. The number of anilines is 2. The lowest BCUT2D eigenvalue weighted by Gasteiger charge is -2.36. The van der Waals surface area contributed by atoms with Crippen LogP contribution >= 0.6 is 0 Å². The minimum Gasteiger partial charge on any atom is -0.490 e. The molecule has 0 spiro atoms. The highest BCUT2D eigenvalue weighted by atomic mass is 19.4. The number of piperidine rings is 2. The average Bonchev–Trinajstić information content (AvgIpc) is 3.59. The number of amides is 3. The Balaban J connectivity index is 0.00000183. The number of carbonyl (C=O) groups is 4. The van der Waals surface area contributed by atoms with Crippen molar-refractivity contribution in [2.45, 2.75) is 95.4 Å². The Kier molecular flexibility index (Phi) is 13.3. The summed E-state index contributed by atoms with van der Waals surface area (Å²) in [5.74, 6) is -0.624. The van der Waals surface area contributed by atoms with Crippen molar-refractivity contribution in [3.05, 3.63) is 83.2 Å². The van der Waals surface area contributed by atoms with Gasteiger partial charge in [-0.3, -0.25) is 24.5 Å². The third-order valence-electron chi connectivity index (χ3n) is 10.9. The van der Waals surface area contributed by atoms with E-state index in [4.69, 9.17) is 19.6 Å². The summed E-state index contributed by atoms with van der Waals surface area (Å²) in [6.45, 7) is 6.18. The summed E-state index contributed by atoms with van der Waals surface area (Å²) < 4.78 is 62.6. The van der Waals surface area contributed by atoms with Crippen molar-refractivity contribution in [1.29, 1.82) is 0 Å². The number of carbonyl (C=O) groups excluding carboxylic acids is 3. The van der Waals surface area contributed by atoms with Gasteiger partial charge in [0.2, 0.25) is 11.8 Å². The molecule has 4 aromatic rings. The van der Waals surface area contributed by atoms with Crippen LogP contribution < -0.4 is 20.7 Å². The van der Waals surface area contributed by atoms with E-state index in [-0.39, 0.29) is 65.6 Å². The van der Waals surface area contributed by atoms with Gasteiger partial charge >= 0.3 is 6.18 Å². The van der Waals surface area contributed by atoms with Crippen molar-refractivity contribution in [3.8, 4) is 5.75 Å². The van der Waals surface area contributed by atoms with Crippen LogP contribution in [0.5, 0.6) is 5.75 Å². The van der Waals surface area contributed by atoms with E-state index in [9.17, 15) is 27.6 Å². The van der Waals surface area contributed by atoms with Crippen LogP contribution in [0.2, 0.25) is 0 Å². The van der Waals surface area contributed by atoms with E-state index < -0.39 is 23.8 Å². The molecular weight excluding hydrogens is 762 g/mol. The van der Waals surface area contributed by atoms with Crippen molar-refractivity contribution in [2.75, 3.05) is 30.3 Å². The molecule has 3 fully saturated rings.